The van der Waals surface area contributed by atoms with Crippen LogP contribution in [0.2, 0.25) is 0 Å². The highest BCUT2D eigenvalue weighted by molar-refractivity contribution is 7.89. The molecule has 2 fully saturated rings. The number of para-hydroxylation sites is 1. The van der Waals surface area contributed by atoms with Gasteiger partial charge in [0.15, 0.2) is 0 Å². The maximum absolute atomic E-state index is 13.2. The van der Waals surface area contributed by atoms with Gasteiger partial charge in [-0.1, -0.05) is 30.7 Å². The molecule has 8 heteroatoms. The van der Waals surface area contributed by atoms with Crippen LogP contribution in [0.15, 0.2) is 59.5 Å². The van der Waals surface area contributed by atoms with E-state index < -0.39 is 10.0 Å². The average molecular weight is 470 g/mol. The lowest BCUT2D eigenvalue weighted by Gasteiger charge is -2.35. The summed E-state index contributed by atoms with van der Waals surface area (Å²) >= 11 is 0. The van der Waals surface area contributed by atoms with Crippen molar-refractivity contribution < 1.29 is 17.9 Å². The summed E-state index contributed by atoms with van der Waals surface area (Å²) in [6, 6.07) is 15.2. The van der Waals surface area contributed by atoms with Crippen LogP contribution in [-0.2, 0) is 14.8 Å². The van der Waals surface area contributed by atoms with Crippen molar-refractivity contribution in [1.82, 2.24) is 9.21 Å². The molecule has 176 valence electrons. The van der Waals surface area contributed by atoms with Crippen LogP contribution in [0, 0.1) is 0 Å². The van der Waals surface area contributed by atoms with E-state index >= 15 is 0 Å². The van der Waals surface area contributed by atoms with Gasteiger partial charge >= 0.3 is 0 Å². The summed E-state index contributed by atoms with van der Waals surface area (Å²) in [6.07, 6.45) is 5.99. The van der Waals surface area contributed by atoms with Gasteiger partial charge < -0.3 is 14.5 Å². The standard InChI is InChI=1S/C25H31N3O4S/c1-32-23-12-10-21(20-24(23)33(30,31)28-14-6-3-7-15-28)11-13-25(29)27-18-16-26(17-19-27)22-8-4-2-5-9-22/h2,4-5,8-13,20H,3,6-7,14-19H2,1H3. The number of piperazine rings is 1. The molecule has 2 aliphatic heterocycles. The van der Waals surface area contributed by atoms with E-state index in [0.29, 0.717) is 37.5 Å². The van der Waals surface area contributed by atoms with E-state index in [9.17, 15) is 13.2 Å². The Kier molecular flexibility index (Phi) is 7.35. The third-order valence-corrected chi connectivity index (χ3v) is 8.17. The molecule has 0 aromatic heterocycles. The number of piperidine rings is 1. The SMILES string of the molecule is COc1ccc(C=CC(=O)N2CCN(c3ccccc3)CC2)cc1S(=O)(=O)N1CCCCC1. The molecule has 2 aromatic rings. The highest BCUT2D eigenvalue weighted by Gasteiger charge is 2.29. The number of methoxy groups -OCH3 is 1. The molecule has 2 heterocycles. The topological polar surface area (TPSA) is 70.2 Å². The fourth-order valence-corrected chi connectivity index (χ4v) is 6.05. The van der Waals surface area contributed by atoms with E-state index in [1.807, 2.05) is 23.1 Å². The van der Waals surface area contributed by atoms with Crippen molar-refractivity contribution in [3.63, 3.8) is 0 Å². The molecule has 0 bridgehead atoms. The number of benzene rings is 2. The number of carbonyl (C=O) groups excluding carboxylic acids is 1. The first-order chi connectivity index (χ1) is 16.0. The zero-order valence-corrected chi connectivity index (χ0v) is 19.8. The molecular formula is C25H31N3O4S. The Hall–Kier alpha value is -2.84. The summed E-state index contributed by atoms with van der Waals surface area (Å²) in [5, 5.41) is 0. The van der Waals surface area contributed by atoms with Crippen LogP contribution in [0.1, 0.15) is 24.8 Å². The Bertz CT molecular complexity index is 1090. The van der Waals surface area contributed by atoms with Gasteiger partial charge in [0.25, 0.3) is 0 Å². The number of anilines is 1. The molecule has 1 amide bonds. The van der Waals surface area contributed by atoms with Crippen LogP contribution in [-0.4, -0.2) is 69.9 Å². The summed E-state index contributed by atoms with van der Waals surface area (Å²) in [5.74, 6) is 0.250. The minimum Gasteiger partial charge on any atom is -0.495 e. The van der Waals surface area contributed by atoms with Crippen LogP contribution in [0.4, 0.5) is 5.69 Å². The molecule has 33 heavy (non-hydrogen) atoms. The van der Waals surface area contributed by atoms with Crippen molar-refractivity contribution in [2.45, 2.75) is 24.2 Å². The summed E-state index contributed by atoms with van der Waals surface area (Å²) in [5.41, 5.74) is 1.82. The zero-order chi connectivity index (χ0) is 23.3. The second kappa shape index (κ2) is 10.4. The molecule has 0 radical (unpaired) electrons. The second-order valence-electron chi connectivity index (χ2n) is 8.36. The van der Waals surface area contributed by atoms with E-state index in [1.54, 1.807) is 24.3 Å². The number of hydrogen-bond donors (Lipinski definition) is 0. The molecule has 2 saturated heterocycles. The maximum Gasteiger partial charge on any atom is 0.246 e. The van der Waals surface area contributed by atoms with Crippen molar-refractivity contribution >= 4 is 27.7 Å². The van der Waals surface area contributed by atoms with E-state index in [-0.39, 0.29) is 10.8 Å². The first kappa shape index (κ1) is 23.3. The number of hydrogen-bond acceptors (Lipinski definition) is 5. The minimum atomic E-state index is -3.65. The monoisotopic (exact) mass is 469 g/mol. The molecule has 4 rings (SSSR count). The fourth-order valence-electron chi connectivity index (χ4n) is 4.34. The number of nitrogens with zero attached hydrogens (tertiary/aromatic N) is 3. The lowest BCUT2D eigenvalue weighted by molar-refractivity contribution is -0.126. The Morgan fingerprint density at radius 1 is 0.909 bits per heavy atom. The maximum atomic E-state index is 13.2. The first-order valence-electron chi connectivity index (χ1n) is 11.4. The zero-order valence-electron chi connectivity index (χ0n) is 19.0. The highest BCUT2D eigenvalue weighted by Crippen LogP contribution is 2.30. The van der Waals surface area contributed by atoms with Crippen LogP contribution >= 0.6 is 0 Å². The summed E-state index contributed by atoms with van der Waals surface area (Å²) < 4.78 is 33.3. The molecule has 0 unspecified atom stereocenters. The lowest BCUT2D eigenvalue weighted by Crippen LogP contribution is -2.48. The quantitative estimate of drug-likeness (QED) is 0.608. The van der Waals surface area contributed by atoms with Gasteiger partial charge in [-0.25, -0.2) is 8.42 Å². The normalized spacial score (nSPS) is 18.0. The largest absolute Gasteiger partial charge is 0.495 e. The Balaban J connectivity index is 1.44. The van der Waals surface area contributed by atoms with Crippen molar-refractivity contribution in [3.05, 3.63) is 60.2 Å². The molecule has 0 aliphatic carbocycles. The summed E-state index contributed by atoms with van der Waals surface area (Å²) in [7, 11) is -2.17. The molecule has 0 saturated carbocycles. The van der Waals surface area contributed by atoms with Crippen molar-refractivity contribution in [3.8, 4) is 5.75 Å². The van der Waals surface area contributed by atoms with Gasteiger partial charge in [-0.15, -0.1) is 0 Å². The molecular weight excluding hydrogens is 438 g/mol. The van der Waals surface area contributed by atoms with E-state index in [0.717, 1.165) is 32.4 Å². The molecule has 0 spiro atoms. The summed E-state index contributed by atoms with van der Waals surface area (Å²) in [4.78, 5) is 17.0. The smallest absolute Gasteiger partial charge is 0.246 e. The molecule has 0 N–H and O–H groups in total. The van der Waals surface area contributed by atoms with Gasteiger partial charge in [0.2, 0.25) is 15.9 Å². The van der Waals surface area contributed by atoms with Gasteiger partial charge in [-0.3, -0.25) is 4.79 Å². The van der Waals surface area contributed by atoms with Crippen molar-refractivity contribution in [2.75, 3.05) is 51.3 Å². The Morgan fingerprint density at radius 2 is 1.61 bits per heavy atom. The van der Waals surface area contributed by atoms with Gasteiger partial charge in [0, 0.05) is 51.0 Å². The third kappa shape index (κ3) is 5.39. The Morgan fingerprint density at radius 3 is 2.27 bits per heavy atom. The number of carbonyl (C=O) groups is 1. The fraction of sp³-hybridized carbons (Fsp3) is 0.400. The number of ether oxygens (including phenoxy) is 1. The third-order valence-electron chi connectivity index (χ3n) is 6.25. The van der Waals surface area contributed by atoms with E-state index in [2.05, 4.69) is 17.0 Å². The van der Waals surface area contributed by atoms with Crippen LogP contribution in [0.25, 0.3) is 6.08 Å². The van der Waals surface area contributed by atoms with Crippen LogP contribution in [0.5, 0.6) is 5.75 Å². The van der Waals surface area contributed by atoms with Crippen LogP contribution < -0.4 is 9.64 Å². The number of sulfonamides is 1. The second-order valence-corrected chi connectivity index (χ2v) is 10.3. The summed E-state index contributed by atoms with van der Waals surface area (Å²) in [6.45, 7) is 3.91. The van der Waals surface area contributed by atoms with E-state index in [4.69, 9.17) is 4.74 Å². The molecule has 2 aliphatic rings. The molecule has 7 nitrogen and oxygen atoms in total. The number of rotatable bonds is 6. The first-order valence-corrected chi connectivity index (χ1v) is 12.9. The van der Waals surface area contributed by atoms with Gasteiger partial charge in [-0.05, 0) is 48.7 Å². The average Bonchev–Trinajstić information content (AvgIpc) is 2.88. The lowest BCUT2D eigenvalue weighted by atomic mass is 10.2. The molecule has 2 aromatic carbocycles. The predicted octanol–water partition coefficient (Wildman–Crippen LogP) is 3.23. The van der Waals surface area contributed by atoms with Gasteiger partial charge in [0.1, 0.15) is 10.6 Å². The van der Waals surface area contributed by atoms with Crippen LogP contribution in [0.3, 0.4) is 0 Å². The molecule has 0 atom stereocenters. The highest BCUT2D eigenvalue weighted by atomic mass is 32.2. The predicted molar refractivity (Wildman–Crippen MR) is 130 cm³/mol. The Labute approximate surface area is 196 Å². The van der Waals surface area contributed by atoms with Gasteiger partial charge in [-0.2, -0.15) is 4.31 Å². The minimum absolute atomic E-state index is 0.0704. The van der Waals surface area contributed by atoms with Gasteiger partial charge in [0.05, 0.1) is 7.11 Å². The number of amides is 1. The van der Waals surface area contributed by atoms with Crippen molar-refractivity contribution in [1.29, 1.82) is 0 Å². The van der Waals surface area contributed by atoms with E-state index in [1.165, 1.54) is 23.2 Å². The van der Waals surface area contributed by atoms with Crippen molar-refractivity contribution in [2.24, 2.45) is 0 Å².